The first-order valence-electron chi connectivity index (χ1n) is 16.2. The molecular formula is C44H37NO4. The van der Waals surface area contributed by atoms with E-state index >= 15 is 0 Å². The van der Waals surface area contributed by atoms with E-state index in [0.717, 1.165) is 39.1 Å². The highest BCUT2D eigenvalue weighted by Crippen LogP contribution is 2.49. The Morgan fingerprint density at radius 2 is 1.12 bits per heavy atom. The molecule has 5 nitrogen and oxygen atoms in total. The Morgan fingerprint density at radius 3 is 1.86 bits per heavy atom. The Balaban J connectivity index is 1.42. The number of phenols is 2. The second kappa shape index (κ2) is 13.1. The number of anilines is 3. The van der Waals surface area contributed by atoms with Crippen LogP contribution in [0.25, 0.3) is 44.2 Å². The molecule has 0 atom stereocenters. The van der Waals surface area contributed by atoms with Crippen molar-refractivity contribution in [3.63, 3.8) is 0 Å². The largest absolute Gasteiger partial charge is 0.508 e. The summed E-state index contributed by atoms with van der Waals surface area (Å²) >= 11 is 0. The molecule has 5 heteroatoms. The Labute approximate surface area is 286 Å². The number of hydrogen-bond donors (Lipinski definition) is 2. The summed E-state index contributed by atoms with van der Waals surface area (Å²) in [6.45, 7) is 3.71. The Morgan fingerprint density at radius 1 is 0.469 bits per heavy atom. The number of benzene rings is 7. The highest BCUT2D eigenvalue weighted by atomic mass is 16.5. The molecule has 7 aromatic carbocycles. The van der Waals surface area contributed by atoms with Crippen LogP contribution in [0.1, 0.15) is 11.1 Å². The highest BCUT2D eigenvalue weighted by Gasteiger charge is 2.24. The van der Waals surface area contributed by atoms with E-state index in [9.17, 15) is 10.2 Å². The molecule has 0 saturated carbocycles. The summed E-state index contributed by atoms with van der Waals surface area (Å²) in [4.78, 5) is 1.90. The number of fused-ring (bicyclic) bond motifs is 1. The summed E-state index contributed by atoms with van der Waals surface area (Å²) in [6, 6.07) is 47.1. The van der Waals surface area contributed by atoms with Gasteiger partial charge in [-0.2, -0.15) is 0 Å². The molecule has 0 aliphatic heterocycles. The van der Waals surface area contributed by atoms with Crippen LogP contribution >= 0.6 is 0 Å². The van der Waals surface area contributed by atoms with Gasteiger partial charge in [-0.05, 0) is 93.4 Å². The fourth-order valence-corrected chi connectivity index (χ4v) is 6.55. The van der Waals surface area contributed by atoms with E-state index in [2.05, 4.69) is 91.0 Å². The van der Waals surface area contributed by atoms with Gasteiger partial charge in [0.05, 0.1) is 25.6 Å². The van der Waals surface area contributed by atoms with Gasteiger partial charge in [-0.1, -0.05) is 103 Å². The van der Waals surface area contributed by atoms with Crippen LogP contribution in [0, 0.1) is 13.8 Å². The fourth-order valence-electron chi connectivity index (χ4n) is 6.55. The van der Waals surface area contributed by atoms with E-state index in [1.807, 2.05) is 48.2 Å². The predicted molar refractivity (Wildman–Crippen MR) is 201 cm³/mol. The van der Waals surface area contributed by atoms with Crippen LogP contribution in [0.4, 0.5) is 17.1 Å². The van der Waals surface area contributed by atoms with Crippen molar-refractivity contribution >= 4 is 27.8 Å². The monoisotopic (exact) mass is 643 g/mol. The van der Waals surface area contributed by atoms with Crippen LogP contribution in [-0.4, -0.2) is 24.4 Å². The smallest absolute Gasteiger partial charge is 0.143 e. The number of hydrogen-bond acceptors (Lipinski definition) is 5. The van der Waals surface area contributed by atoms with Crippen LogP contribution in [0.2, 0.25) is 0 Å². The molecule has 0 heterocycles. The molecule has 0 bridgehead atoms. The van der Waals surface area contributed by atoms with Crippen molar-refractivity contribution in [2.45, 2.75) is 13.8 Å². The predicted octanol–water partition coefficient (Wildman–Crippen LogP) is 11.4. The first-order valence-corrected chi connectivity index (χ1v) is 16.2. The van der Waals surface area contributed by atoms with Crippen molar-refractivity contribution < 1.29 is 19.7 Å². The second-order valence-corrected chi connectivity index (χ2v) is 12.2. The molecule has 49 heavy (non-hydrogen) atoms. The van der Waals surface area contributed by atoms with Gasteiger partial charge in [0.1, 0.15) is 23.0 Å². The molecule has 2 N–H and O–H groups in total. The topological polar surface area (TPSA) is 62.2 Å². The van der Waals surface area contributed by atoms with E-state index in [0.29, 0.717) is 28.4 Å². The summed E-state index contributed by atoms with van der Waals surface area (Å²) in [7, 11) is 3.25. The zero-order valence-corrected chi connectivity index (χ0v) is 27.9. The van der Waals surface area contributed by atoms with Gasteiger partial charge in [0.25, 0.3) is 0 Å². The van der Waals surface area contributed by atoms with E-state index in [-0.39, 0.29) is 11.5 Å². The zero-order valence-electron chi connectivity index (χ0n) is 27.9. The lowest BCUT2D eigenvalue weighted by Crippen LogP contribution is -2.12. The number of ether oxygens (including phenoxy) is 2. The summed E-state index contributed by atoms with van der Waals surface area (Å²) in [6.07, 6.45) is 0. The van der Waals surface area contributed by atoms with Crippen molar-refractivity contribution in [1.82, 2.24) is 0 Å². The molecule has 0 saturated heterocycles. The van der Waals surface area contributed by atoms with Crippen LogP contribution in [0.5, 0.6) is 23.0 Å². The number of phenolic OH excluding ortho intramolecular Hbond substituents is 2. The van der Waals surface area contributed by atoms with E-state index in [4.69, 9.17) is 9.47 Å². The van der Waals surface area contributed by atoms with Gasteiger partial charge in [-0.3, -0.25) is 0 Å². The molecule has 0 radical (unpaired) electrons. The third-order valence-corrected chi connectivity index (χ3v) is 9.11. The van der Waals surface area contributed by atoms with Gasteiger partial charge < -0.3 is 24.6 Å². The lowest BCUT2D eigenvalue weighted by molar-refractivity contribution is 0.401. The van der Waals surface area contributed by atoms with Gasteiger partial charge in [0, 0.05) is 17.8 Å². The molecule has 242 valence electrons. The van der Waals surface area contributed by atoms with Crippen molar-refractivity contribution in [1.29, 1.82) is 0 Å². The summed E-state index contributed by atoms with van der Waals surface area (Å²) in [5.74, 6) is 1.35. The standard InChI is InChI=1S/C44H37NO4/c1-28-23-42(47)39(26-41(28)46)45(40-27-43(48-3)29(2)24-44(40)49-4)34-21-22-37(38(25-34)31-11-6-5-7-12-31)33-19-17-32(18-20-33)36-16-10-14-30-13-8-9-15-35(30)36/h5-27,46-47H,1-4H3. The van der Waals surface area contributed by atoms with Crippen molar-refractivity contribution in [3.8, 4) is 56.4 Å². The highest BCUT2D eigenvalue weighted by molar-refractivity contribution is 5.97. The lowest BCUT2D eigenvalue weighted by atomic mass is 9.91. The maximum atomic E-state index is 11.3. The molecule has 7 aromatic rings. The Hall–Kier alpha value is -6.20. The SMILES string of the molecule is COc1cc(N(c2ccc(-c3ccc(-c4cccc5ccccc45)cc3)c(-c3ccccc3)c2)c2cc(O)c(C)cc2O)c(OC)cc1C. The third-order valence-electron chi connectivity index (χ3n) is 9.11. The van der Waals surface area contributed by atoms with Gasteiger partial charge in [0.15, 0.2) is 0 Å². The molecule has 0 aliphatic rings. The molecule has 0 spiro atoms. The number of nitrogens with zero attached hydrogens (tertiary/aromatic N) is 1. The maximum absolute atomic E-state index is 11.3. The van der Waals surface area contributed by atoms with Gasteiger partial charge in [0.2, 0.25) is 0 Å². The lowest BCUT2D eigenvalue weighted by Gasteiger charge is -2.29. The minimum atomic E-state index is 0.0197. The van der Waals surface area contributed by atoms with E-state index in [1.165, 1.54) is 16.3 Å². The van der Waals surface area contributed by atoms with E-state index in [1.54, 1.807) is 33.3 Å². The van der Waals surface area contributed by atoms with Crippen LogP contribution in [-0.2, 0) is 0 Å². The summed E-state index contributed by atoms with van der Waals surface area (Å²) in [5.41, 5.74) is 9.83. The Kier molecular flexibility index (Phi) is 8.41. The maximum Gasteiger partial charge on any atom is 0.143 e. The number of aromatic hydroxyl groups is 2. The molecule has 0 aromatic heterocycles. The molecule has 0 fully saturated rings. The molecule has 0 aliphatic carbocycles. The van der Waals surface area contributed by atoms with Crippen molar-refractivity contribution in [2.24, 2.45) is 0 Å². The molecule has 7 rings (SSSR count). The van der Waals surface area contributed by atoms with Crippen LogP contribution in [0.15, 0.2) is 140 Å². The average Bonchev–Trinajstić information content (AvgIpc) is 3.14. The van der Waals surface area contributed by atoms with Crippen molar-refractivity contribution in [2.75, 3.05) is 19.1 Å². The number of methoxy groups -OCH3 is 2. The normalized spacial score (nSPS) is 11.0. The van der Waals surface area contributed by atoms with Crippen LogP contribution in [0.3, 0.4) is 0 Å². The first-order chi connectivity index (χ1) is 23.9. The second-order valence-electron chi connectivity index (χ2n) is 12.2. The zero-order chi connectivity index (χ0) is 34.1. The summed E-state index contributed by atoms with van der Waals surface area (Å²) < 4.78 is 11.6. The van der Waals surface area contributed by atoms with Gasteiger partial charge in [-0.25, -0.2) is 0 Å². The van der Waals surface area contributed by atoms with Crippen LogP contribution < -0.4 is 14.4 Å². The first kappa shape index (κ1) is 31.4. The van der Waals surface area contributed by atoms with Gasteiger partial charge >= 0.3 is 0 Å². The molecular weight excluding hydrogens is 606 g/mol. The Bertz CT molecular complexity index is 2290. The molecule has 0 amide bonds. The summed E-state index contributed by atoms with van der Waals surface area (Å²) in [5, 5.41) is 24.6. The quantitative estimate of drug-likeness (QED) is 0.161. The fraction of sp³-hybridized carbons (Fsp3) is 0.0909. The number of aryl methyl sites for hydroxylation is 2. The minimum Gasteiger partial charge on any atom is -0.508 e. The van der Waals surface area contributed by atoms with Crippen molar-refractivity contribution in [3.05, 3.63) is 151 Å². The molecule has 0 unspecified atom stereocenters. The third kappa shape index (κ3) is 5.92. The van der Waals surface area contributed by atoms with Gasteiger partial charge in [-0.15, -0.1) is 0 Å². The average molecular weight is 644 g/mol. The number of rotatable bonds is 8. The minimum absolute atomic E-state index is 0.0197. The van der Waals surface area contributed by atoms with E-state index < -0.39 is 0 Å².